The van der Waals surface area contributed by atoms with E-state index in [9.17, 15) is 4.79 Å². The summed E-state index contributed by atoms with van der Waals surface area (Å²) in [4.78, 5) is 12.7. The summed E-state index contributed by atoms with van der Waals surface area (Å²) in [7, 11) is 0. The second kappa shape index (κ2) is 6.06. The normalized spacial score (nSPS) is 10.2. The highest BCUT2D eigenvalue weighted by Crippen LogP contribution is 2.22. The number of carbonyl (C=O) groups is 1. The molecule has 0 spiro atoms. The lowest BCUT2D eigenvalue weighted by atomic mass is 10.0. The van der Waals surface area contributed by atoms with Gasteiger partial charge in [0.25, 0.3) is 5.91 Å². The molecule has 0 aliphatic carbocycles. The van der Waals surface area contributed by atoms with Gasteiger partial charge in [0.2, 0.25) is 0 Å². The van der Waals surface area contributed by atoms with Crippen molar-refractivity contribution in [3.8, 4) is 0 Å². The summed E-state index contributed by atoms with van der Waals surface area (Å²) in [6.45, 7) is 6.01. The lowest BCUT2D eigenvalue weighted by Gasteiger charge is -2.13. The van der Waals surface area contributed by atoms with Gasteiger partial charge in [0.05, 0.1) is 0 Å². The van der Waals surface area contributed by atoms with Gasteiger partial charge in [0, 0.05) is 16.8 Å². The number of rotatable bonds is 3. The Hall–Kier alpha value is -2.20. The third kappa shape index (κ3) is 3.47. The van der Waals surface area contributed by atoms with Crippen LogP contribution in [0.2, 0.25) is 0 Å². The zero-order chi connectivity index (χ0) is 15.6. The maximum absolute atomic E-state index is 12.4. The molecule has 0 unspecified atom stereocenters. The van der Waals surface area contributed by atoms with E-state index in [1.165, 1.54) is 5.56 Å². The van der Waals surface area contributed by atoms with E-state index in [0.29, 0.717) is 11.1 Å². The molecule has 0 fully saturated rings. The van der Waals surface area contributed by atoms with E-state index in [1.807, 2.05) is 32.9 Å². The first-order chi connectivity index (χ1) is 9.88. The smallest absolute Gasteiger partial charge is 0.255 e. The Kier molecular flexibility index (Phi) is 4.38. The van der Waals surface area contributed by atoms with Gasteiger partial charge in [-0.3, -0.25) is 4.79 Å². The standard InChI is InChI=1S/C17H18N2OS/c1-10-7-11(2)15(12(3)8-10)19-17(20)14-6-4-5-13(9-14)16(18)21/h4-9H,1-3H3,(H2,18,21)(H,19,20). The molecule has 0 bridgehead atoms. The number of thiocarbonyl (C=S) groups is 1. The molecule has 0 aliphatic heterocycles. The Morgan fingerprint density at radius 3 is 2.19 bits per heavy atom. The maximum atomic E-state index is 12.4. The highest BCUT2D eigenvalue weighted by Gasteiger charge is 2.11. The van der Waals surface area contributed by atoms with Crippen molar-refractivity contribution in [1.29, 1.82) is 0 Å². The topological polar surface area (TPSA) is 55.1 Å². The molecule has 2 aromatic rings. The summed E-state index contributed by atoms with van der Waals surface area (Å²) < 4.78 is 0. The molecule has 21 heavy (non-hydrogen) atoms. The molecule has 0 heterocycles. The van der Waals surface area contributed by atoms with Crippen molar-refractivity contribution < 1.29 is 4.79 Å². The molecule has 0 saturated heterocycles. The predicted molar refractivity (Wildman–Crippen MR) is 90.9 cm³/mol. The fourth-order valence-corrected chi connectivity index (χ4v) is 2.50. The Morgan fingerprint density at radius 2 is 1.62 bits per heavy atom. The third-order valence-electron chi connectivity index (χ3n) is 3.32. The molecule has 0 saturated carbocycles. The number of nitrogens with two attached hydrogens (primary N) is 1. The van der Waals surface area contributed by atoms with E-state index in [-0.39, 0.29) is 10.9 Å². The molecule has 0 aliphatic rings. The number of aryl methyl sites for hydroxylation is 3. The van der Waals surface area contributed by atoms with Gasteiger partial charge >= 0.3 is 0 Å². The summed E-state index contributed by atoms with van der Waals surface area (Å²) in [5.74, 6) is -0.164. The first kappa shape index (κ1) is 15.2. The quantitative estimate of drug-likeness (QED) is 0.853. The fraction of sp³-hybridized carbons (Fsp3) is 0.176. The maximum Gasteiger partial charge on any atom is 0.255 e. The van der Waals surface area contributed by atoms with E-state index in [2.05, 4.69) is 5.32 Å². The number of amides is 1. The second-order valence-corrected chi connectivity index (χ2v) is 5.61. The molecular formula is C17H18N2OS. The second-order valence-electron chi connectivity index (χ2n) is 5.17. The van der Waals surface area contributed by atoms with E-state index in [0.717, 1.165) is 16.8 Å². The number of nitrogens with one attached hydrogen (secondary N) is 1. The van der Waals surface area contributed by atoms with Crippen LogP contribution in [0.15, 0.2) is 36.4 Å². The first-order valence-electron chi connectivity index (χ1n) is 6.67. The van der Waals surface area contributed by atoms with Gasteiger partial charge < -0.3 is 11.1 Å². The average molecular weight is 298 g/mol. The van der Waals surface area contributed by atoms with Crippen molar-refractivity contribution in [2.24, 2.45) is 5.73 Å². The van der Waals surface area contributed by atoms with Gasteiger partial charge in [-0.25, -0.2) is 0 Å². The van der Waals surface area contributed by atoms with Crippen LogP contribution in [0.4, 0.5) is 5.69 Å². The molecule has 4 heteroatoms. The van der Waals surface area contributed by atoms with Gasteiger partial charge in [-0.05, 0) is 44.0 Å². The van der Waals surface area contributed by atoms with Crippen LogP contribution in [-0.2, 0) is 0 Å². The highest BCUT2D eigenvalue weighted by atomic mass is 32.1. The Labute approximate surface area is 130 Å². The predicted octanol–water partition coefficient (Wildman–Crippen LogP) is 3.50. The molecule has 3 N–H and O–H groups in total. The molecule has 2 aromatic carbocycles. The summed E-state index contributed by atoms with van der Waals surface area (Å²) >= 11 is 4.94. The molecule has 0 aromatic heterocycles. The largest absolute Gasteiger partial charge is 0.389 e. The summed E-state index contributed by atoms with van der Waals surface area (Å²) in [6, 6.07) is 11.1. The van der Waals surface area contributed by atoms with Crippen LogP contribution in [0, 0.1) is 20.8 Å². The lowest BCUT2D eigenvalue weighted by Crippen LogP contribution is -2.16. The third-order valence-corrected chi connectivity index (χ3v) is 3.56. The molecule has 108 valence electrons. The lowest BCUT2D eigenvalue weighted by molar-refractivity contribution is 0.102. The average Bonchev–Trinajstić information content (AvgIpc) is 2.42. The Morgan fingerprint density at radius 1 is 1.05 bits per heavy atom. The minimum atomic E-state index is -0.164. The van der Waals surface area contributed by atoms with E-state index in [4.69, 9.17) is 18.0 Å². The van der Waals surface area contributed by atoms with Crippen LogP contribution in [0.25, 0.3) is 0 Å². The summed E-state index contributed by atoms with van der Waals surface area (Å²) in [5.41, 5.74) is 11.0. The van der Waals surface area contributed by atoms with E-state index < -0.39 is 0 Å². The van der Waals surface area contributed by atoms with Crippen LogP contribution >= 0.6 is 12.2 Å². The summed E-state index contributed by atoms with van der Waals surface area (Å²) in [6.07, 6.45) is 0. The summed E-state index contributed by atoms with van der Waals surface area (Å²) in [5, 5.41) is 2.97. The number of carbonyl (C=O) groups excluding carboxylic acids is 1. The number of hydrogen-bond acceptors (Lipinski definition) is 2. The monoisotopic (exact) mass is 298 g/mol. The van der Waals surface area contributed by atoms with E-state index in [1.54, 1.807) is 24.3 Å². The molecule has 0 radical (unpaired) electrons. The number of hydrogen-bond donors (Lipinski definition) is 2. The van der Waals surface area contributed by atoms with E-state index >= 15 is 0 Å². The van der Waals surface area contributed by atoms with Crippen LogP contribution in [0.3, 0.4) is 0 Å². The number of benzene rings is 2. The SMILES string of the molecule is Cc1cc(C)c(NC(=O)c2cccc(C(N)=S)c2)c(C)c1. The minimum absolute atomic E-state index is 0.164. The van der Waals surface area contributed by atoms with Crippen molar-refractivity contribution in [1.82, 2.24) is 0 Å². The molecule has 0 atom stereocenters. The first-order valence-corrected chi connectivity index (χ1v) is 7.08. The van der Waals surface area contributed by atoms with Crippen LogP contribution in [0.1, 0.15) is 32.6 Å². The molecular weight excluding hydrogens is 280 g/mol. The molecule has 1 amide bonds. The number of anilines is 1. The zero-order valence-corrected chi connectivity index (χ0v) is 13.2. The van der Waals surface area contributed by atoms with Crippen LogP contribution in [0.5, 0.6) is 0 Å². The van der Waals surface area contributed by atoms with Crippen molar-refractivity contribution in [3.05, 3.63) is 64.2 Å². The van der Waals surface area contributed by atoms with Gasteiger partial charge in [0.15, 0.2) is 0 Å². The van der Waals surface area contributed by atoms with Gasteiger partial charge in [-0.15, -0.1) is 0 Å². The van der Waals surface area contributed by atoms with Crippen molar-refractivity contribution >= 4 is 28.8 Å². The fourth-order valence-electron chi connectivity index (χ4n) is 2.38. The Bertz CT molecular complexity index is 699. The van der Waals surface area contributed by atoms with Gasteiger partial charge in [-0.2, -0.15) is 0 Å². The van der Waals surface area contributed by atoms with Crippen LogP contribution in [-0.4, -0.2) is 10.9 Å². The van der Waals surface area contributed by atoms with Gasteiger partial charge in [0.1, 0.15) is 4.99 Å². The van der Waals surface area contributed by atoms with Crippen molar-refractivity contribution in [2.75, 3.05) is 5.32 Å². The van der Waals surface area contributed by atoms with Crippen molar-refractivity contribution in [3.63, 3.8) is 0 Å². The highest BCUT2D eigenvalue weighted by molar-refractivity contribution is 7.80. The van der Waals surface area contributed by atoms with Gasteiger partial charge in [-0.1, -0.05) is 42.0 Å². The Balaban J connectivity index is 2.30. The van der Waals surface area contributed by atoms with Crippen molar-refractivity contribution in [2.45, 2.75) is 20.8 Å². The van der Waals surface area contributed by atoms with Crippen LogP contribution < -0.4 is 11.1 Å². The zero-order valence-electron chi connectivity index (χ0n) is 12.4. The molecule has 2 rings (SSSR count). The molecule has 3 nitrogen and oxygen atoms in total. The minimum Gasteiger partial charge on any atom is -0.389 e.